The van der Waals surface area contributed by atoms with Crippen molar-refractivity contribution in [2.45, 2.75) is 65.9 Å². The van der Waals surface area contributed by atoms with Gasteiger partial charge in [-0.05, 0) is 43.6 Å². The lowest BCUT2D eigenvalue weighted by atomic mass is 10.2. The summed E-state index contributed by atoms with van der Waals surface area (Å²) >= 11 is 25.8. The fraction of sp³-hybridized carbons (Fsp3) is 0.760. The molecule has 0 spiro atoms. The first-order chi connectivity index (χ1) is 20.7. The maximum atomic E-state index is 11.6. The lowest BCUT2D eigenvalue weighted by molar-refractivity contribution is -0.144. The van der Waals surface area contributed by atoms with Crippen molar-refractivity contribution in [2.75, 3.05) is 50.9 Å². The summed E-state index contributed by atoms with van der Waals surface area (Å²) in [5.41, 5.74) is 0. The Hall–Kier alpha value is -1.12. The number of carboxylic acids is 2. The maximum absolute atomic E-state index is 11.6. The number of carbonyl (C=O) groups excluding carboxylic acids is 4. The zero-order valence-electron chi connectivity index (χ0n) is 24.4. The molecule has 4 amide bonds. The Labute approximate surface area is 291 Å². The summed E-state index contributed by atoms with van der Waals surface area (Å²) in [4.78, 5) is 66.2. The molecule has 4 atom stereocenters. The van der Waals surface area contributed by atoms with Gasteiger partial charge in [0.1, 0.15) is 13.2 Å². The summed E-state index contributed by atoms with van der Waals surface area (Å²) in [5, 5.41) is 27.2. The number of nitrogens with one attached hydrogen (secondary N) is 4. The molecular formula is C25H46N4O9S6. The number of thiol groups is 6. The first-order valence-corrected chi connectivity index (χ1v) is 17.0. The monoisotopic (exact) mass is 738 g/mol. The molecule has 0 saturated heterocycles. The SMILES string of the molecule is O=C(O)CCCC(=O)NCC(=O)NCC(S)CC(S)CCS.O=C(O)COCC(=O)NCC(=O)NCC(S)CC(S)CCS. The summed E-state index contributed by atoms with van der Waals surface area (Å²) in [5.74, 6) is -2.12. The molecule has 0 aliphatic rings. The van der Waals surface area contributed by atoms with Crippen LogP contribution in [0, 0.1) is 0 Å². The van der Waals surface area contributed by atoms with Crippen LogP contribution in [0.3, 0.4) is 0 Å². The summed E-state index contributed by atoms with van der Waals surface area (Å²) < 4.78 is 4.58. The molecule has 0 fully saturated rings. The van der Waals surface area contributed by atoms with E-state index in [1.807, 2.05) is 0 Å². The second-order valence-corrected chi connectivity index (χ2v) is 13.2. The Morgan fingerprint density at radius 1 is 0.568 bits per heavy atom. The molecule has 0 saturated carbocycles. The van der Waals surface area contributed by atoms with E-state index in [1.54, 1.807) is 0 Å². The number of aliphatic carboxylic acids is 2. The van der Waals surface area contributed by atoms with Crippen molar-refractivity contribution in [1.29, 1.82) is 0 Å². The zero-order valence-corrected chi connectivity index (χ0v) is 29.7. The van der Waals surface area contributed by atoms with Crippen molar-refractivity contribution >= 4 is 111 Å². The van der Waals surface area contributed by atoms with E-state index < -0.39 is 31.1 Å². The van der Waals surface area contributed by atoms with E-state index in [4.69, 9.17) is 10.2 Å². The summed E-state index contributed by atoms with van der Waals surface area (Å²) in [7, 11) is 0. The molecule has 0 aromatic rings. The Morgan fingerprint density at radius 3 is 1.43 bits per heavy atom. The van der Waals surface area contributed by atoms with Crippen LogP contribution in [0.4, 0.5) is 0 Å². The third kappa shape index (κ3) is 32.3. The summed E-state index contributed by atoms with van der Waals surface area (Å²) in [6.07, 6.45) is 3.54. The average molecular weight is 739 g/mol. The Bertz CT molecular complexity index is 808. The molecule has 0 aromatic heterocycles. The number of hydrogen-bond acceptors (Lipinski definition) is 13. The topological polar surface area (TPSA) is 200 Å². The van der Waals surface area contributed by atoms with Crippen LogP contribution in [0.1, 0.15) is 44.9 Å². The second-order valence-electron chi connectivity index (χ2n) is 9.41. The molecule has 256 valence electrons. The molecule has 0 radical (unpaired) electrons. The molecule has 0 bridgehead atoms. The molecule has 0 aliphatic carbocycles. The molecule has 0 aliphatic heterocycles. The van der Waals surface area contributed by atoms with Crippen molar-refractivity contribution in [3.63, 3.8) is 0 Å². The number of rotatable bonds is 24. The normalized spacial score (nSPS) is 13.2. The number of carboxylic acid groups (broad SMARTS) is 2. The van der Waals surface area contributed by atoms with Gasteiger partial charge in [-0.25, -0.2) is 4.79 Å². The molecule has 6 N–H and O–H groups in total. The fourth-order valence-electron chi connectivity index (χ4n) is 3.05. The van der Waals surface area contributed by atoms with Gasteiger partial charge in [0.2, 0.25) is 23.6 Å². The number of ether oxygens (including phenoxy) is 1. The average Bonchev–Trinajstić information content (AvgIpc) is 2.93. The largest absolute Gasteiger partial charge is 0.481 e. The minimum atomic E-state index is -1.16. The second kappa shape index (κ2) is 29.3. The standard InChI is InChI=1S/C13H24N2O4S3.C12H22N2O5S3/c16-11(2-1-3-13(18)19)15-8-12(17)14-7-10(22)6-9(21)4-5-20;15-10(5-14-11(16)6-19-7-12(17)18)13-4-9(22)3-8(21)1-2-20/h9-10,20-22H,1-8H2,(H,14,17)(H,15,16)(H,18,19);8-9,20-22H,1-7H2,(H,13,15)(H,14,16)(H,17,18). The van der Waals surface area contributed by atoms with E-state index in [1.165, 1.54) is 0 Å². The third-order valence-electron chi connectivity index (χ3n) is 5.23. The van der Waals surface area contributed by atoms with Gasteiger partial charge in [-0.2, -0.15) is 75.8 Å². The molecule has 19 heteroatoms. The predicted molar refractivity (Wildman–Crippen MR) is 189 cm³/mol. The van der Waals surface area contributed by atoms with Crippen LogP contribution < -0.4 is 21.3 Å². The van der Waals surface area contributed by atoms with Gasteiger partial charge >= 0.3 is 11.9 Å². The highest BCUT2D eigenvalue weighted by Gasteiger charge is 2.13. The minimum absolute atomic E-state index is 0.00222. The van der Waals surface area contributed by atoms with Crippen LogP contribution in [0.25, 0.3) is 0 Å². The van der Waals surface area contributed by atoms with Crippen molar-refractivity contribution in [2.24, 2.45) is 0 Å². The maximum Gasteiger partial charge on any atom is 0.329 e. The minimum Gasteiger partial charge on any atom is -0.481 e. The van der Waals surface area contributed by atoms with Crippen molar-refractivity contribution in [3.8, 4) is 0 Å². The molecule has 13 nitrogen and oxygen atoms in total. The molecule has 0 heterocycles. The van der Waals surface area contributed by atoms with E-state index >= 15 is 0 Å². The first-order valence-electron chi connectivity index (χ1n) is 13.7. The highest BCUT2D eigenvalue weighted by atomic mass is 32.1. The smallest absolute Gasteiger partial charge is 0.329 e. The highest BCUT2D eigenvalue weighted by molar-refractivity contribution is 7.82. The highest BCUT2D eigenvalue weighted by Crippen LogP contribution is 2.14. The lowest BCUT2D eigenvalue weighted by Gasteiger charge is -2.16. The molecule has 0 aromatic carbocycles. The number of amides is 4. The van der Waals surface area contributed by atoms with Crippen LogP contribution in [0.2, 0.25) is 0 Å². The number of carbonyl (C=O) groups is 6. The van der Waals surface area contributed by atoms with Gasteiger partial charge in [-0.1, -0.05) is 0 Å². The van der Waals surface area contributed by atoms with Gasteiger partial charge < -0.3 is 36.2 Å². The molecule has 44 heavy (non-hydrogen) atoms. The predicted octanol–water partition coefficient (Wildman–Crippen LogP) is 0.407. The van der Waals surface area contributed by atoms with E-state index in [0.29, 0.717) is 13.1 Å². The zero-order chi connectivity index (χ0) is 33.9. The van der Waals surface area contributed by atoms with E-state index in [-0.39, 0.29) is 71.1 Å². The Morgan fingerprint density at radius 2 is 1.02 bits per heavy atom. The van der Waals surface area contributed by atoms with Gasteiger partial charge in [0.15, 0.2) is 0 Å². The van der Waals surface area contributed by atoms with Crippen LogP contribution in [-0.4, -0.2) is 118 Å². The van der Waals surface area contributed by atoms with Crippen molar-refractivity contribution in [1.82, 2.24) is 21.3 Å². The summed E-state index contributed by atoms with van der Waals surface area (Å²) in [6, 6.07) is 0. The van der Waals surface area contributed by atoms with E-state index in [0.717, 1.165) is 37.2 Å². The van der Waals surface area contributed by atoms with Gasteiger partial charge in [-0.3, -0.25) is 24.0 Å². The van der Waals surface area contributed by atoms with Gasteiger partial charge in [-0.15, -0.1) is 0 Å². The van der Waals surface area contributed by atoms with Crippen molar-refractivity contribution in [3.05, 3.63) is 0 Å². The van der Waals surface area contributed by atoms with Crippen LogP contribution in [0.15, 0.2) is 0 Å². The first kappa shape index (κ1) is 45.0. The van der Waals surface area contributed by atoms with E-state index in [9.17, 15) is 28.8 Å². The Balaban J connectivity index is 0. The third-order valence-corrected chi connectivity index (χ3v) is 7.47. The lowest BCUT2D eigenvalue weighted by Crippen LogP contribution is -2.40. The van der Waals surface area contributed by atoms with E-state index in [2.05, 4.69) is 102 Å². The van der Waals surface area contributed by atoms with Gasteiger partial charge in [0.25, 0.3) is 0 Å². The fourth-order valence-corrected chi connectivity index (χ4v) is 5.87. The van der Waals surface area contributed by atoms with Gasteiger partial charge in [0, 0.05) is 46.9 Å². The van der Waals surface area contributed by atoms with Crippen molar-refractivity contribution < 1.29 is 43.7 Å². The van der Waals surface area contributed by atoms with Crippen LogP contribution in [0.5, 0.6) is 0 Å². The molecule has 4 unspecified atom stereocenters. The van der Waals surface area contributed by atoms with Crippen LogP contribution in [-0.2, 0) is 33.5 Å². The Kier molecular flexibility index (Phi) is 30.0. The quantitative estimate of drug-likeness (QED) is 0.0621. The molecule has 0 rings (SSSR count). The van der Waals surface area contributed by atoms with Crippen LogP contribution >= 0.6 is 75.8 Å². The summed E-state index contributed by atoms with van der Waals surface area (Å²) in [6.45, 7) is -0.501. The molecular weight excluding hydrogens is 693 g/mol. The van der Waals surface area contributed by atoms with Gasteiger partial charge in [0.05, 0.1) is 13.1 Å². The number of hydrogen-bond donors (Lipinski definition) is 12.